The molecule has 0 bridgehead atoms. The highest BCUT2D eigenvalue weighted by molar-refractivity contribution is 5.82. The maximum Gasteiger partial charge on any atom is 0.254 e. The first-order valence-electron chi connectivity index (χ1n) is 10.0. The van der Waals surface area contributed by atoms with Crippen LogP contribution < -0.4 is 5.32 Å². The Balaban J connectivity index is 1.37. The zero-order chi connectivity index (χ0) is 17.1. The van der Waals surface area contributed by atoms with E-state index in [0.717, 1.165) is 50.4 Å². The van der Waals surface area contributed by atoms with Crippen molar-refractivity contribution in [1.29, 1.82) is 0 Å². The molecule has 2 aliphatic carbocycles. The summed E-state index contributed by atoms with van der Waals surface area (Å²) in [6.07, 6.45) is 9.21. The molecular formula is C21H30N2O2. The van der Waals surface area contributed by atoms with E-state index < -0.39 is 6.10 Å². The molecule has 1 N–H and O–H groups in total. The van der Waals surface area contributed by atoms with Crippen LogP contribution in [0, 0.1) is 0 Å². The van der Waals surface area contributed by atoms with Gasteiger partial charge in [-0.3, -0.25) is 4.79 Å². The molecule has 1 heterocycles. The van der Waals surface area contributed by atoms with Crippen molar-refractivity contribution in [3.63, 3.8) is 0 Å². The van der Waals surface area contributed by atoms with Gasteiger partial charge in [-0.25, -0.2) is 0 Å². The fraction of sp³-hybridized carbons (Fsp3) is 0.667. The van der Waals surface area contributed by atoms with E-state index in [9.17, 15) is 4.79 Å². The third-order valence-corrected chi connectivity index (χ3v) is 5.91. The number of carbonyl (C=O) groups excluding carboxylic acids is 1. The topological polar surface area (TPSA) is 41.6 Å². The third-order valence-electron chi connectivity index (χ3n) is 5.91. The predicted molar refractivity (Wildman–Crippen MR) is 98.3 cm³/mol. The van der Waals surface area contributed by atoms with E-state index in [-0.39, 0.29) is 12.0 Å². The second kappa shape index (κ2) is 7.88. The van der Waals surface area contributed by atoms with E-state index in [1.54, 1.807) is 0 Å². The summed E-state index contributed by atoms with van der Waals surface area (Å²) < 4.78 is 6.25. The second-order valence-corrected chi connectivity index (χ2v) is 7.88. The normalized spacial score (nSPS) is 24.3. The van der Waals surface area contributed by atoms with Gasteiger partial charge in [0.15, 0.2) is 6.10 Å². The van der Waals surface area contributed by atoms with Gasteiger partial charge in [0.25, 0.3) is 5.91 Å². The molecule has 0 spiro atoms. The molecule has 1 aliphatic heterocycles. The van der Waals surface area contributed by atoms with Crippen LogP contribution in [0.1, 0.15) is 63.0 Å². The molecule has 1 atom stereocenters. The van der Waals surface area contributed by atoms with Gasteiger partial charge in [0, 0.05) is 25.2 Å². The first kappa shape index (κ1) is 17.0. The Kier molecular flexibility index (Phi) is 5.37. The lowest BCUT2D eigenvalue weighted by Crippen LogP contribution is -2.47. The number of hydrogen-bond acceptors (Lipinski definition) is 3. The van der Waals surface area contributed by atoms with Gasteiger partial charge in [-0.1, -0.05) is 43.2 Å². The number of hydrogen-bond donors (Lipinski definition) is 1. The summed E-state index contributed by atoms with van der Waals surface area (Å²) in [7, 11) is 0. The molecule has 3 fully saturated rings. The van der Waals surface area contributed by atoms with Crippen molar-refractivity contribution in [2.45, 2.75) is 75.7 Å². The Morgan fingerprint density at radius 3 is 2.32 bits per heavy atom. The third kappa shape index (κ3) is 4.42. The van der Waals surface area contributed by atoms with Crippen molar-refractivity contribution in [3.8, 4) is 0 Å². The Morgan fingerprint density at radius 2 is 1.68 bits per heavy atom. The number of ether oxygens (including phenoxy) is 1. The summed E-state index contributed by atoms with van der Waals surface area (Å²) in [5.41, 5.74) is 0.974. The molecule has 0 radical (unpaired) electrons. The molecule has 136 valence electrons. The standard InChI is InChI=1S/C21H30N2O2/c24-21(22-17-12-14-23(15-13-17)18-10-11-18)20(16-6-2-1-3-7-16)25-19-8-4-5-9-19/h1-3,6-7,17-20H,4-5,8-15H2,(H,22,24)/t20-/m0/s1. The quantitative estimate of drug-likeness (QED) is 0.861. The SMILES string of the molecule is O=C(NC1CCN(C2CC2)CC1)[C@@H](OC1CCCC1)c1ccccc1. The Morgan fingerprint density at radius 1 is 1.00 bits per heavy atom. The van der Waals surface area contributed by atoms with Crippen molar-refractivity contribution >= 4 is 5.91 Å². The van der Waals surface area contributed by atoms with Crippen LogP contribution in [0.2, 0.25) is 0 Å². The fourth-order valence-corrected chi connectivity index (χ4v) is 4.26. The van der Waals surface area contributed by atoms with Crippen LogP contribution in [0.3, 0.4) is 0 Å². The lowest BCUT2D eigenvalue weighted by atomic mass is 10.0. The smallest absolute Gasteiger partial charge is 0.254 e. The molecule has 0 unspecified atom stereocenters. The fourth-order valence-electron chi connectivity index (χ4n) is 4.26. The van der Waals surface area contributed by atoms with Gasteiger partial charge in [0.2, 0.25) is 0 Å². The van der Waals surface area contributed by atoms with Crippen LogP contribution in [0.5, 0.6) is 0 Å². The average Bonchev–Trinajstić information content (AvgIpc) is 3.37. The predicted octanol–water partition coefficient (Wildman–Crippen LogP) is 3.43. The highest BCUT2D eigenvalue weighted by Gasteiger charge is 2.33. The number of nitrogens with one attached hydrogen (secondary N) is 1. The van der Waals surface area contributed by atoms with Crippen LogP contribution in [-0.2, 0) is 9.53 Å². The number of benzene rings is 1. The van der Waals surface area contributed by atoms with Gasteiger partial charge in [0.05, 0.1) is 6.10 Å². The van der Waals surface area contributed by atoms with Gasteiger partial charge in [-0.05, 0) is 44.1 Å². The molecule has 4 nitrogen and oxygen atoms in total. The molecule has 0 aromatic heterocycles. The van der Waals surface area contributed by atoms with E-state index in [4.69, 9.17) is 4.74 Å². The molecule has 2 saturated carbocycles. The maximum absolute atomic E-state index is 13.0. The largest absolute Gasteiger partial charge is 0.360 e. The summed E-state index contributed by atoms with van der Waals surface area (Å²) in [6.45, 7) is 2.24. The number of amides is 1. The summed E-state index contributed by atoms with van der Waals surface area (Å²) in [4.78, 5) is 15.6. The van der Waals surface area contributed by atoms with Crippen LogP contribution in [0.4, 0.5) is 0 Å². The number of piperidine rings is 1. The second-order valence-electron chi connectivity index (χ2n) is 7.88. The maximum atomic E-state index is 13.0. The van der Waals surface area contributed by atoms with E-state index in [0.29, 0.717) is 6.04 Å². The van der Waals surface area contributed by atoms with Crippen molar-refractivity contribution in [3.05, 3.63) is 35.9 Å². The first-order chi connectivity index (χ1) is 12.3. The summed E-state index contributed by atoms with van der Waals surface area (Å²) in [6, 6.07) is 11.1. The molecule has 3 aliphatic rings. The van der Waals surface area contributed by atoms with E-state index in [2.05, 4.69) is 10.2 Å². The molecule has 1 aromatic carbocycles. The van der Waals surface area contributed by atoms with Gasteiger partial charge >= 0.3 is 0 Å². The summed E-state index contributed by atoms with van der Waals surface area (Å²) in [5.74, 6) is 0.0444. The number of nitrogens with zero attached hydrogens (tertiary/aromatic N) is 1. The first-order valence-corrected chi connectivity index (χ1v) is 10.0. The highest BCUT2D eigenvalue weighted by Crippen LogP contribution is 2.30. The van der Waals surface area contributed by atoms with Gasteiger partial charge < -0.3 is 15.0 Å². The summed E-state index contributed by atoms with van der Waals surface area (Å²) in [5, 5.41) is 3.28. The van der Waals surface area contributed by atoms with Gasteiger partial charge in [-0.15, -0.1) is 0 Å². The van der Waals surface area contributed by atoms with E-state index >= 15 is 0 Å². The average molecular weight is 342 g/mol. The number of likely N-dealkylation sites (tertiary alicyclic amines) is 1. The monoisotopic (exact) mass is 342 g/mol. The van der Waals surface area contributed by atoms with E-state index in [1.807, 2.05) is 30.3 Å². The van der Waals surface area contributed by atoms with Gasteiger partial charge in [0.1, 0.15) is 0 Å². The molecular weight excluding hydrogens is 312 g/mol. The van der Waals surface area contributed by atoms with Crippen molar-refractivity contribution < 1.29 is 9.53 Å². The lowest BCUT2D eigenvalue weighted by molar-refractivity contribution is -0.138. The van der Waals surface area contributed by atoms with Crippen LogP contribution >= 0.6 is 0 Å². The van der Waals surface area contributed by atoms with Crippen LogP contribution in [0.15, 0.2) is 30.3 Å². The van der Waals surface area contributed by atoms with Crippen molar-refractivity contribution in [1.82, 2.24) is 10.2 Å². The minimum absolute atomic E-state index is 0.0444. The molecule has 1 aromatic rings. The Hall–Kier alpha value is -1.39. The van der Waals surface area contributed by atoms with Crippen molar-refractivity contribution in [2.75, 3.05) is 13.1 Å². The minimum atomic E-state index is -0.467. The van der Waals surface area contributed by atoms with Crippen LogP contribution in [-0.4, -0.2) is 42.1 Å². The minimum Gasteiger partial charge on any atom is -0.360 e. The molecule has 4 rings (SSSR count). The molecule has 1 amide bonds. The molecule has 25 heavy (non-hydrogen) atoms. The van der Waals surface area contributed by atoms with Crippen molar-refractivity contribution in [2.24, 2.45) is 0 Å². The van der Waals surface area contributed by atoms with Gasteiger partial charge in [-0.2, -0.15) is 0 Å². The zero-order valence-electron chi connectivity index (χ0n) is 15.0. The van der Waals surface area contributed by atoms with E-state index in [1.165, 1.54) is 25.7 Å². The molecule has 1 saturated heterocycles. The Labute approximate surface area is 150 Å². The molecule has 4 heteroatoms. The highest BCUT2D eigenvalue weighted by atomic mass is 16.5. The number of carbonyl (C=O) groups is 1. The summed E-state index contributed by atoms with van der Waals surface area (Å²) >= 11 is 0. The Bertz CT molecular complexity index is 559. The number of rotatable bonds is 6. The van der Waals surface area contributed by atoms with Crippen LogP contribution in [0.25, 0.3) is 0 Å². The lowest BCUT2D eigenvalue weighted by Gasteiger charge is -2.33. The zero-order valence-corrected chi connectivity index (χ0v) is 15.0.